The number of aliphatic hydroxyl groups excluding tert-OH is 1. The van der Waals surface area contributed by atoms with Gasteiger partial charge in [-0.3, -0.25) is 0 Å². The number of nitrogens with zero attached hydrogens (tertiary/aromatic N) is 3. The molecule has 0 radical (unpaired) electrons. The third-order valence-electron chi connectivity index (χ3n) is 2.59. The lowest BCUT2D eigenvalue weighted by atomic mass is 10.3. The van der Waals surface area contributed by atoms with Crippen LogP contribution in [0.2, 0.25) is 0 Å². The predicted octanol–water partition coefficient (Wildman–Crippen LogP) is -0.206. The first-order valence-corrected chi connectivity index (χ1v) is 5.76. The molecular formula is C11H27N3O. The van der Waals surface area contributed by atoms with Gasteiger partial charge >= 0.3 is 0 Å². The second-order valence-electron chi connectivity index (χ2n) is 4.26. The summed E-state index contributed by atoms with van der Waals surface area (Å²) in [4.78, 5) is 6.80. The van der Waals surface area contributed by atoms with E-state index in [4.69, 9.17) is 5.11 Å². The molecule has 1 saturated heterocycles. The zero-order valence-corrected chi connectivity index (χ0v) is 10.7. The normalized spacial score (nSPS) is 18.8. The van der Waals surface area contributed by atoms with Gasteiger partial charge in [-0.2, -0.15) is 0 Å². The van der Waals surface area contributed by atoms with E-state index in [1.54, 1.807) is 0 Å². The molecule has 0 aliphatic carbocycles. The van der Waals surface area contributed by atoms with Crippen LogP contribution in [0.4, 0.5) is 0 Å². The highest BCUT2D eigenvalue weighted by molar-refractivity contribution is 4.66. The van der Waals surface area contributed by atoms with Gasteiger partial charge < -0.3 is 19.8 Å². The summed E-state index contributed by atoms with van der Waals surface area (Å²) in [5.41, 5.74) is 0. The molecule has 15 heavy (non-hydrogen) atoms. The maximum atomic E-state index is 8.20. The molecule has 1 rings (SSSR count). The van der Waals surface area contributed by atoms with Gasteiger partial charge in [-0.15, -0.1) is 0 Å². The Hall–Kier alpha value is -0.160. The van der Waals surface area contributed by atoms with E-state index >= 15 is 0 Å². The Bertz CT molecular complexity index is 134. The average molecular weight is 217 g/mol. The van der Waals surface area contributed by atoms with Crippen molar-refractivity contribution >= 4 is 0 Å². The number of likely N-dealkylation sites (N-methyl/N-ethyl adjacent to an activating group) is 3. The fourth-order valence-corrected chi connectivity index (χ4v) is 1.36. The van der Waals surface area contributed by atoms with Gasteiger partial charge in [0, 0.05) is 32.7 Å². The average Bonchev–Trinajstić information content (AvgIpc) is 2.20. The second kappa shape index (κ2) is 9.09. The van der Waals surface area contributed by atoms with Crippen LogP contribution in [0.25, 0.3) is 0 Å². The molecule has 0 bridgehead atoms. The molecule has 1 aliphatic heterocycles. The summed E-state index contributed by atoms with van der Waals surface area (Å²) < 4.78 is 0. The third kappa shape index (κ3) is 8.81. The summed E-state index contributed by atoms with van der Waals surface area (Å²) in [6, 6.07) is 0. The van der Waals surface area contributed by atoms with Gasteiger partial charge in [0.15, 0.2) is 0 Å². The van der Waals surface area contributed by atoms with E-state index in [1.807, 2.05) is 19.0 Å². The van der Waals surface area contributed by atoms with Gasteiger partial charge in [-0.1, -0.05) is 6.92 Å². The monoisotopic (exact) mass is 217 g/mol. The van der Waals surface area contributed by atoms with Crippen LogP contribution in [0.15, 0.2) is 0 Å². The lowest BCUT2D eigenvalue weighted by Crippen LogP contribution is -2.44. The first-order chi connectivity index (χ1) is 7.10. The fourth-order valence-electron chi connectivity index (χ4n) is 1.36. The molecule has 4 nitrogen and oxygen atoms in total. The molecule has 4 heteroatoms. The Morgan fingerprint density at radius 2 is 1.67 bits per heavy atom. The van der Waals surface area contributed by atoms with E-state index in [1.165, 1.54) is 32.7 Å². The lowest BCUT2D eigenvalue weighted by molar-refractivity contribution is 0.160. The number of hydrogen-bond donors (Lipinski definition) is 1. The summed E-state index contributed by atoms with van der Waals surface area (Å²) in [6.07, 6.45) is 0. The highest BCUT2D eigenvalue weighted by Crippen LogP contribution is 1.96. The summed E-state index contributed by atoms with van der Waals surface area (Å²) in [5, 5.41) is 8.20. The van der Waals surface area contributed by atoms with E-state index < -0.39 is 0 Å². The molecule has 0 atom stereocenters. The highest BCUT2D eigenvalue weighted by atomic mass is 16.3. The number of hydrogen-bond acceptors (Lipinski definition) is 4. The quantitative estimate of drug-likeness (QED) is 0.709. The van der Waals surface area contributed by atoms with Gasteiger partial charge in [0.25, 0.3) is 0 Å². The summed E-state index contributed by atoms with van der Waals surface area (Å²) in [5.74, 6) is 0. The Morgan fingerprint density at radius 1 is 1.13 bits per heavy atom. The molecule has 0 amide bonds. The molecule has 0 aromatic rings. The molecule has 0 unspecified atom stereocenters. The van der Waals surface area contributed by atoms with E-state index in [0.717, 1.165) is 6.54 Å². The zero-order chi connectivity index (χ0) is 11.7. The van der Waals surface area contributed by atoms with E-state index in [2.05, 4.69) is 23.8 Å². The first-order valence-electron chi connectivity index (χ1n) is 5.76. The van der Waals surface area contributed by atoms with Crippen LogP contribution in [0.5, 0.6) is 0 Å². The van der Waals surface area contributed by atoms with Crippen molar-refractivity contribution < 1.29 is 5.11 Å². The molecule has 0 spiro atoms. The van der Waals surface area contributed by atoms with E-state index in [0.29, 0.717) is 0 Å². The molecule has 0 saturated carbocycles. The maximum absolute atomic E-state index is 8.20. The smallest absolute Gasteiger partial charge is 0.0558 e. The van der Waals surface area contributed by atoms with Crippen molar-refractivity contribution in [3.63, 3.8) is 0 Å². The van der Waals surface area contributed by atoms with E-state index in [9.17, 15) is 0 Å². The van der Waals surface area contributed by atoms with Gasteiger partial charge in [0.05, 0.1) is 6.61 Å². The maximum Gasteiger partial charge on any atom is 0.0558 e. The topological polar surface area (TPSA) is 30.0 Å². The van der Waals surface area contributed by atoms with Crippen molar-refractivity contribution in [3.05, 3.63) is 0 Å². The molecule has 92 valence electrons. The molecule has 0 aromatic heterocycles. The molecule has 1 fully saturated rings. The van der Waals surface area contributed by atoms with Crippen molar-refractivity contribution in [1.29, 1.82) is 0 Å². The van der Waals surface area contributed by atoms with Gasteiger partial charge in [0.1, 0.15) is 0 Å². The van der Waals surface area contributed by atoms with Crippen LogP contribution in [-0.2, 0) is 0 Å². The Morgan fingerprint density at radius 3 is 1.93 bits per heavy atom. The van der Waals surface area contributed by atoms with E-state index in [-0.39, 0.29) is 6.61 Å². The van der Waals surface area contributed by atoms with Crippen LogP contribution in [-0.4, -0.2) is 86.8 Å². The highest BCUT2D eigenvalue weighted by Gasteiger charge is 2.10. The Kier molecular flexibility index (Phi) is 9.00. The Balaban J connectivity index is 0.000000288. The SMILES string of the molecule is CCN1CCN(C)CC1.CN(C)CCO. The predicted molar refractivity (Wildman–Crippen MR) is 65.3 cm³/mol. The third-order valence-corrected chi connectivity index (χ3v) is 2.59. The Labute approximate surface area is 94.5 Å². The lowest BCUT2D eigenvalue weighted by Gasteiger charge is -2.31. The summed E-state index contributed by atoms with van der Waals surface area (Å²) in [7, 11) is 6.04. The van der Waals surface area contributed by atoms with Gasteiger partial charge in [-0.05, 0) is 27.7 Å². The van der Waals surface area contributed by atoms with Crippen LogP contribution < -0.4 is 0 Å². The molecule has 1 aliphatic rings. The number of rotatable bonds is 3. The van der Waals surface area contributed by atoms with Crippen molar-refractivity contribution in [1.82, 2.24) is 14.7 Å². The van der Waals surface area contributed by atoms with Crippen LogP contribution >= 0.6 is 0 Å². The molecule has 1 N–H and O–H groups in total. The van der Waals surface area contributed by atoms with Gasteiger partial charge in [0.2, 0.25) is 0 Å². The summed E-state index contributed by atoms with van der Waals surface area (Å²) in [6.45, 7) is 9.47. The van der Waals surface area contributed by atoms with Crippen molar-refractivity contribution in [2.24, 2.45) is 0 Å². The second-order valence-corrected chi connectivity index (χ2v) is 4.26. The van der Waals surface area contributed by atoms with Crippen LogP contribution in [0.1, 0.15) is 6.92 Å². The largest absolute Gasteiger partial charge is 0.395 e. The van der Waals surface area contributed by atoms with Crippen molar-refractivity contribution in [2.45, 2.75) is 6.92 Å². The van der Waals surface area contributed by atoms with Crippen LogP contribution in [0, 0.1) is 0 Å². The van der Waals surface area contributed by atoms with Crippen LogP contribution in [0.3, 0.4) is 0 Å². The number of piperazine rings is 1. The summed E-state index contributed by atoms with van der Waals surface area (Å²) >= 11 is 0. The fraction of sp³-hybridized carbons (Fsp3) is 1.00. The minimum absolute atomic E-state index is 0.257. The van der Waals surface area contributed by atoms with Gasteiger partial charge in [-0.25, -0.2) is 0 Å². The minimum atomic E-state index is 0.257. The molecule has 1 heterocycles. The van der Waals surface area contributed by atoms with Crippen molar-refractivity contribution in [2.75, 3.05) is 67.0 Å². The first kappa shape index (κ1) is 14.8. The zero-order valence-electron chi connectivity index (χ0n) is 10.7. The molecule has 0 aromatic carbocycles. The standard InChI is InChI=1S/C7H16N2.C4H11NO/c1-3-9-6-4-8(2)5-7-9;1-5(2)3-4-6/h3-7H2,1-2H3;6H,3-4H2,1-2H3. The number of aliphatic hydroxyl groups is 1. The minimum Gasteiger partial charge on any atom is -0.395 e. The molecular weight excluding hydrogens is 190 g/mol. The van der Waals surface area contributed by atoms with Crippen molar-refractivity contribution in [3.8, 4) is 0 Å².